The van der Waals surface area contributed by atoms with Crippen molar-refractivity contribution in [2.45, 2.75) is 50.0 Å². The number of hydrogen-bond acceptors (Lipinski definition) is 5. The summed E-state index contributed by atoms with van der Waals surface area (Å²) in [4.78, 5) is 17.0. The number of esters is 1. The quantitative estimate of drug-likeness (QED) is 0.527. The highest BCUT2D eigenvalue weighted by molar-refractivity contribution is 6.33. The van der Waals surface area contributed by atoms with Gasteiger partial charge < -0.3 is 9.26 Å². The maximum atomic E-state index is 13.0. The van der Waals surface area contributed by atoms with E-state index in [2.05, 4.69) is 10.1 Å². The summed E-state index contributed by atoms with van der Waals surface area (Å²) in [6.45, 7) is -0.0251. The number of hydrogen-bond donors (Lipinski definition) is 0. The molecule has 2 unspecified atom stereocenters. The molecular weight excluding hydrogens is 387 g/mol. The predicted octanol–water partition coefficient (Wildman–Crippen LogP) is 5.01. The van der Waals surface area contributed by atoms with E-state index < -0.39 is 5.41 Å². The zero-order chi connectivity index (χ0) is 18.6. The lowest BCUT2D eigenvalue weighted by Crippen LogP contribution is -2.56. The molecular formula is C20H20Cl2N2O3. The first kappa shape index (κ1) is 17.5. The number of carbonyl (C=O) groups excluding carboxylic acids is 1. The molecule has 2 aromatic rings. The first-order valence-corrected chi connectivity index (χ1v) is 10.1. The second-order valence-corrected chi connectivity index (χ2v) is 9.67. The smallest absolute Gasteiger partial charge is 0.312 e. The molecule has 0 N–H and O–H groups in total. The minimum Gasteiger partial charge on any atom is -0.455 e. The number of rotatable bonds is 4. The number of aromatic nitrogens is 2. The summed E-state index contributed by atoms with van der Waals surface area (Å²) < 4.78 is 10.9. The summed E-state index contributed by atoms with van der Waals surface area (Å²) in [6.07, 6.45) is 5.78. The van der Waals surface area contributed by atoms with Gasteiger partial charge in [-0.05, 0) is 62.5 Å². The average molecular weight is 407 g/mol. The van der Waals surface area contributed by atoms with Crippen LogP contribution in [0.15, 0.2) is 28.8 Å². The number of benzene rings is 1. The normalized spacial score (nSPS) is 34.0. The van der Waals surface area contributed by atoms with E-state index in [-0.39, 0.29) is 23.3 Å². The second kappa shape index (κ2) is 6.21. The first-order valence-electron chi connectivity index (χ1n) is 9.38. The van der Waals surface area contributed by atoms with Crippen LogP contribution in [0.5, 0.6) is 0 Å². The molecule has 4 saturated carbocycles. The molecule has 7 heteroatoms. The van der Waals surface area contributed by atoms with Crippen LogP contribution < -0.4 is 0 Å². The van der Waals surface area contributed by atoms with Crippen molar-refractivity contribution in [3.8, 4) is 11.4 Å². The van der Waals surface area contributed by atoms with Crippen molar-refractivity contribution in [1.29, 1.82) is 0 Å². The van der Waals surface area contributed by atoms with Gasteiger partial charge in [0.15, 0.2) is 6.61 Å². The van der Waals surface area contributed by atoms with Gasteiger partial charge in [-0.2, -0.15) is 4.98 Å². The van der Waals surface area contributed by atoms with E-state index in [9.17, 15) is 4.79 Å². The molecule has 0 amide bonds. The molecule has 4 atom stereocenters. The summed E-state index contributed by atoms with van der Waals surface area (Å²) in [7, 11) is 0. The van der Waals surface area contributed by atoms with Crippen molar-refractivity contribution >= 4 is 29.2 Å². The Morgan fingerprint density at radius 2 is 1.96 bits per heavy atom. The summed E-state index contributed by atoms with van der Waals surface area (Å²) in [5, 5.41) is 4.49. The Balaban J connectivity index is 1.29. The summed E-state index contributed by atoms with van der Waals surface area (Å²) >= 11 is 13.0. The highest BCUT2D eigenvalue weighted by Crippen LogP contribution is 2.64. The fraction of sp³-hybridized carbons (Fsp3) is 0.550. The molecule has 0 saturated heterocycles. The van der Waals surface area contributed by atoms with E-state index in [1.807, 2.05) is 18.2 Å². The Bertz CT molecular complexity index is 883. The lowest BCUT2D eigenvalue weighted by molar-refractivity contribution is -0.172. The van der Waals surface area contributed by atoms with E-state index in [1.165, 1.54) is 6.42 Å². The minimum absolute atomic E-state index is 0.0251. The summed E-state index contributed by atoms with van der Waals surface area (Å²) in [5.74, 6) is 1.59. The zero-order valence-corrected chi connectivity index (χ0v) is 16.3. The SMILES string of the molecule is O=C(OCc1nc(-c2ccccc2Cl)no1)C12C[C@@H]3C[C@@H](CC(Cl)(C3)C1)C2. The Hall–Kier alpha value is -1.59. The Morgan fingerprint density at radius 3 is 2.67 bits per heavy atom. The molecule has 27 heavy (non-hydrogen) atoms. The van der Waals surface area contributed by atoms with Gasteiger partial charge in [-0.1, -0.05) is 28.9 Å². The second-order valence-electron chi connectivity index (χ2n) is 8.46. The molecule has 4 aliphatic carbocycles. The van der Waals surface area contributed by atoms with E-state index in [0.29, 0.717) is 28.2 Å². The van der Waals surface area contributed by atoms with Gasteiger partial charge in [-0.15, -0.1) is 11.6 Å². The zero-order valence-electron chi connectivity index (χ0n) is 14.8. The number of alkyl halides is 1. The third-order valence-corrected chi connectivity index (χ3v) is 7.10. The molecule has 1 aromatic heterocycles. The standard InChI is InChI=1S/C20H20Cl2N2O3/c21-15-4-2-1-3-14(15)17-23-16(27-24-17)10-26-18(25)19-6-12-5-13(7-19)9-20(22,8-12)11-19/h1-4,12-13H,5-11H2/t12-,13+,19?,20?. The van der Waals surface area contributed by atoms with Gasteiger partial charge in [0.2, 0.25) is 5.82 Å². The van der Waals surface area contributed by atoms with Crippen LogP contribution in [0.1, 0.15) is 44.4 Å². The lowest BCUT2D eigenvalue weighted by Gasteiger charge is -2.58. The molecule has 4 fully saturated rings. The number of ether oxygens (including phenoxy) is 1. The van der Waals surface area contributed by atoms with Gasteiger partial charge in [0.05, 0.1) is 10.4 Å². The van der Waals surface area contributed by atoms with Crippen LogP contribution in [-0.2, 0) is 16.1 Å². The van der Waals surface area contributed by atoms with Crippen LogP contribution in [0.3, 0.4) is 0 Å². The first-order chi connectivity index (χ1) is 12.9. The molecule has 0 spiro atoms. The Kier molecular flexibility index (Phi) is 4.03. The predicted molar refractivity (Wildman–Crippen MR) is 100 cm³/mol. The van der Waals surface area contributed by atoms with Gasteiger partial charge in [0.1, 0.15) is 0 Å². The fourth-order valence-electron chi connectivity index (χ4n) is 5.74. The molecule has 142 valence electrons. The number of nitrogens with zero attached hydrogens (tertiary/aromatic N) is 2. The van der Waals surface area contributed by atoms with Gasteiger partial charge in [-0.25, -0.2) is 0 Å². The molecule has 1 heterocycles. The third kappa shape index (κ3) is 3.05. The number of carbonyl (C=O) groups is 1. The van der Waals surface area contributed by atoms with Crippen molar-refractivity contribution in [2.24, 2.45) is 17.3 Å². The van der Waals surface area contributed by atoms with Crippen molar-refractivity contribution in [2.75, 3.05) is 0 Å². The number of halogens is 2. The van der Waals surface area contributed by atoms with Crippen LogP contribution in [0.2, 0.25) is 5.02 Å². The van der Waals surface area contributed by atoms with Gasteiger partial charge >= 0.3 is 5.97 Å². The van der Waals surface area contributed by atoms with Crippen LogP contribution >= 0.6 is 23.2 Å². The van der Waals surface area contributed by atoms with E-state index in [0.717, 1.165) is 32.1 Å². The maximum Gasteiger partial charge on any atom is 0.312 e. The molecule has 5 nitrogen and oxygen atoms in total. The van der Waals surface area contributed by atoms with E-state index in [4.69, 9.17) is 32.5 Å². The van der Waals surface area contributed by atoms with Crippen molar-refractivity contribution < 1.29 is 14.1 Å². The molecule has 6 rings (SSSR count). The molecule has 0 radical (unpaired) electrons. The molecule has 4 aliphatic rings. The lowest BCUT2D eigenvalue weighted by atomic mass is 9.49. The Morgan fingerprint density at radius 1 is 1.22 bits per heavy atom. The largest absolute Gasteiger partial charge is 0.455 e. The molecule has 0 aliphatic heterocycles. The van der Waals surface area contributed by atoms with E-state index >= 15 is 0 Å². The Labute approximate surface area is 167 Å². The monoisotopic (exact) mass is 406 g/mol. The van der Waals surface area contributed by atoms with Crippen LogP contribution in [0, 0.1) is 17.3 Å². The van der Waals surface area contributed by atoms with Crippen LogP contribution in [-0.4, -0.2) is 21.0 Å². The van der Waals surface area contributed by atoms with Crippen LogP contribution in [0.4, 0.5) is 0 Å². The van der Waals surface area contributed by atoms with Gasteiger partial charge in [0, 0.05) is 10.4 Å². The summed E-state index contributed by atoms with van der Waals surface area (Å²) in [6, 6.07) is 7.27. The average Bonchev–Trinajstić information content (AvgIpc) is 3.06. The topological polar surface area (TPSA) is 65.2 Å². The van der Waals surface area contributed by atoms with Crippen molar-refractivity contribution in [3.63, 3.8) is 0 Å². The molecule has 1 aromatic carbocycles. The van der Waals surface area contributed by atoms with Crippen molar-refractivity contribution in [3.05, 3.63) is 35.2 Å². The van der Waals surface area contributed by atoms with Gasteiger partial charge in [0.25, 0.3) is 5.89 Å². The maximum absolute atomic E-state index is 13.0. The summed E-state index contributed by atoms with van der Waals surface area (Å²) in [5.41, 5.74) is 0.253. The molecule has 4 bridgehead atoms. The highest BCUT2D eigenvalue weighted by atomic mass is 35.5. The fourth-order valence-corrected chi connectivity index (χ4v) is 6.65. The minimum atomic E-state index is -0.433. The van der Waals surface area contributed by atoms with E-state index in [1.54, 1.807) is 6.07 Å². The van der Waals surface area contributed by atoms with Crippen molar-refractivity contribution in [1.82, 2.24) is 10.1 Å². The third-order valence-electron chi connectivity index (χ3n) is 6.33. The highest BCUT2D eigenvalue weighted by Gasteiger charge is 2.60. The van der Waals surface area contributed by atoms with Gasteiger partial charge in [-0.3, -0.25) is 4.79 Å². The van der Waals surface area contributed by atoms with Crippen LogP contribution in [0.25, 0.3) is 11.4 Å².